The molecule has 0 fully saturated rings. The molecule has 0 amide bonds. The van der Waals surface area contributed by atoms with Crippen LogP contribution in [0.25, 0.3) is 11.1 Å². The second-order valence-electron chi connectivity index (χ2n) is 2.55. The van der Waals surface area contributed by atoms with Gasteiger partial charge in [-0.05, 0) is 28.5 Å². The minimum atomic E-state index is 0.674. The first kappa shape index (κ1) is 7.96. The van der Waals surface area contributed by atoms with Gasteiger partial charge in [-0.3, -0.25) is 4.98 Å². The van der Waals surface area contributed by atoms with Crippen LogP contribution in [0, 0.1) is 11.3 Å². The van der Waals surface area contributed by atoms with Gasteiger partial charge in [0.05, 0.1) is 11.6 Å². The van der Waals surface area contributed by atoms with Crippen molar-refractivity contribution in [2.45, 2.75) is 0 Å². The molecule has 2 nitrogen and oxygen atoms in total. The molecule has 0 bridgehead atoms. The Morgan fingerprint density at radius 2 is 2.31 bits per heavy atom. The Morgan fingerprint density at radius 3 is 3.00 bits per heavy atom. The molecule has 0 atom stereocenters. The lowest BCUT2D eigenvalue weighted by molar-refractivity contribution is 1.31. The lowest BCUT2D eigenvalue weighted by Crippen LogP contribution is -1.82. The van der Waals surface area contributed by atoms with Gasteiger partial charge in [0.1, 0.15) is 0 Å². The lowest BCUT2D eigenvalue weighted by Gasteiger charge is -1.98. The summed E-state index contributed by atoms with van der Waals surface area (Å²) in [5, 5.41) is 12.8. The lowest BCUT2D eigenvalue weighted by atomic mass is 10.1. The molecule has 0 aliphatic heterocycles. The number of nitriles is 1. The minimum Gasteiger partial charge on any atom is -0.264 e. The maximum Gasteiger partial charge on any atom is 0.0999 e. The van der Waals surface area contributed by atoms with E-state index in [-0.39, 0.29) is 0 Å². The maximum absolute atomic E-state index is 8.84. The molecule has 2 rings (SSSR count). The number of hydrogen-bond donors (Lipinski definition) is 0. The van der Waals surface area contributed by atoms with Crippen LogP contribution in [0.3, 0.4) is 0 Å². The van der Waals surface area contributed by atoms with Gasteiger partial charge in [-0.25, -0.2) is 0 Å². The molecular formula is C10H6N2S. The fourth-order valence-corrected chi connectivity index (χ4v) is 1.80. The first-order valence-electron chi connectivity index (χ1n) is 3.78. The quantitative estimate of drug-likeness (QED) is 0.686. The van der Waals surface area contributed by atoms with Crippen LogP contribution < -0.4 is 0 Å². The Hall–Kier alpha value is -1.66. The molecule has 2 heterocycles. The van der Waals surface area contributed by atoms with E-state index in [0.29, 0.717) is 5.56 Å². The molecule has 0 unspecified atom stereocenters. The molecule has 0 aliphatic carbocycles. The summed E-state index contributed by atoms with van der Waals surface area (Å²) in [5.41, 5.74) is 2.65. The highest BCUT2D eigenvalue weighted by atomic mass is 32.1. The van der Waals surface area contributed by atoms with E-state index in [1.807, 2.05) is 16.8 Å². The summed E-state index contributed by atoms with van der Waals surface area (Å²) in [6.45, 7) is 0. The van der Waals surface area contributed by atoms with E-state index in [0.717, 1.165) is 11.1 Å². The third-order valence-electron chi connectivity index (χ3n) is 1.77. The molecule has 0 N–H and O–H groups in total. The van der Waals surface area contributed by atoms with Gasteiger partial charge in [0.2, 0.25) is 0 Å². The van der Waals surface area contributed by atoms with Gasteiger partial charge in [-0.2, -0.15) is 16.6 Å². The SMILES string of the molecule is N#Cc1ccncc1-c1ccsc1. The van der Waals surface area contributed by atoms with Crippen LogP contribution in [0.2, 0.25) is 0 Å². The molecule has 0 spiro atoms. The van der Waals surface area contributed by atoms with Crippen molar-refractivity contribution in [1.29, 1.82) is 5.26 Å². The zero-order chi connectivity index (χ0) is 9.10. The normalized spacial score (nSPS) is 9.46. The second-order valence-corrected chi connectivity index (χ2v) is 3.33. The molecule has 0 saturated heterocycles. The van der Waals surface area contributed by atoms with Crippen molar-refractivity contribution in [3.8, 4) is 17.2 Å². The third kappa shape index (κ3) is 1.44. The Balaban J connectivity index is 2.59. The molecule has 13 heavy (non-hydrogen) atoms. The number of hydrogen-bond acceptors (Lipinski definition) is 3. The van der Waals surface area contributed by atoms with Gasteiger partial charge in [0.25, 0.3) is 0 Å². The molecule has 0 radical (unpaired) electrons. The van der Waals surface area contributed by atoms with E-state index in [1.165, 1.54) is 0 Å². The smallest absolute Gasteiger partial charge is 0.0999 e. The van der Waals surface area contributed by atoms with Crippen LogP contribution in [-0.4, -0.2) is 4.98 Å². The van der Waals surface area contributed by atoms with Crippen LogP contribution in [0.4, 0.5) is 0 Å². The van der Waals surface area contributed by atoms with Gasteiger partial charge in [0.15, 0.2) is 0 Å². The number of rotatable bonds is 1. The zero-order valence-corrected chi connectivity index (χ0v) is 7.58. The van der Waals surface area contributed by atoms with E-state index < -0.39 is 0 Å². The van der Waals surface area contributed by atoms with E-state index in [2.05, 4.69) is 11.1 Å². The predicted molar refractivity (Wildman–Crippen MR) is 52.3 cm³/mol. The molecular weight excluding hydrogens is 180 g/mol. The highest BCUT2D eigenvalue weighted by Crippen LogP contribution is 2.23. The van der Waals surface area contributed by atoms with Crippen molar-refractivity contribution in [3.63, 3.8) is 0 Å². The minimum absolute atomic E-state index is 0.674. The summed E-state index contributed by atoms with van der Waals surface area (Å²) in [6, 6.07) is 5.87. The summed E-state index contributed by atoms with van der Waals surface area (Å²) in [7, 11) is 0. The first-order chi connectivity index (χ1) is 6.42. The highest BCUT2D eigenvalue weighted by molar-refractivity contribution is 7.08. The summed E-state index contributed by atoms with van der Waals surface area (Å²) in [4.78, 5) is 4.00. The Bertz CT molecular complexity index is 440. The number of thiophene rings is 1. The average Bonchev–Trinajstić information content (AvgIpc) is 2.70. The molecule has 62 valence electrons. The maximum atomic E-state index is 8.84. The van der Waals surface area contributed by atoms with Gasteiger partial charge in [-0.1, -0.05) is 0 Å². The number of pyridine rings is 1. The van der Waals surface area contributed by atoms with Gasteiger partial charge in [0, 0.05) is 18.0 Å². The standard InChI is InChI=1S/C10H6N2S/c11-5-8-1-3-12-6-10(8)9-2-4-13-7-9/h1-4,6-7H. The van der Waals surface area contributed by atoms with Crippen molar-refractivity contribution in [2.75, 3.05) is 0 Å². The second kappa shape index (κ2) is 3.38. The fraction of sp³-hybridized carbons (Fsp3) is 0. The van der Waals surface area contributed by atoms with Crippen LogP contribution in [0.5, 0.6) is 0 Å². The number of nitrogens with zero attached hydrogens (tertiary/aromatic N) is 2. The Kier molecular flexibility index (Phi) is 2.07. The Labute approximate surface area is 80.1 Å². The van der Waals surface area contributed by atoms with Gasteiger partial charge >= 0.3 is 0 Å². The summed E-state index contributed by atoms with van der Waals surface area (Å²) < 4.78 is 0. The Morgan fingerprint density at radius 1 is 1.38 bits per heavy atom. The fourth-order valence-electron chi connectivity index (χ4n) is 1.14. The first-order valence-corrected chi connectivity index (χ1v) is 4.73. The van der Waals surface area contributed by atoms with Crippen LogP contribution in [0.1, 0.15) is 5.56 Å². The van der Waals surface area contributed by atoms with Crippen LogP contribution in [-0.2, 0) is 0 Å². The summed E-state index contributed by atoms with van der Waals surface area (Å²) in [5.74, 6) is 0. The van der Waals surface area contributed by atoms with Crippen molar-refractivity contribution < 1.29 is 0 Å². The molecule has 2 aromatic rings. The molecule has 0 aliphatic rings. The molecule has 2 aromatic heterocycles. The summed E-state index contributed by atoms with van der Waals surface area (Å²) in [6.07, 6.45) is 3.36. The number of aromatic nitrogens is 1. The monoisotopic (exact) mass is 186 g/mol. The van der Waals surface area contributed by atoms with Gasteiger partial charge < -0.3 is 0 Å². The highest BCUT2D eigenvalue weighted by Gasteiger charge is 2.03. The molecule has 0 saturated carbocycles. The molecule has 3 heteroatoms. The average molecular weight is 186 g/mol. The van der Waals surface area contributed by atoms with Crippen molar-refractivity contribution in [3.05, 3.63) is 40.8 Å². The zero-order valence-electron chi connectivity index (χ0n) is 6.77. The van der Waals surface area contributed by atoms with Crippen molar-refractivity contribution >= 4 is 11.3 Å². The van der Waals surface area contributed by atoms with Crippen LogP contribution in [0.15, 0.2) is 35.3 Å². The van der Waals surface area contributed by atoms with Crippen molar-refractivity contribution in [1.82, 2.24) is 4.98 Å². The predicted octanol–water partition coefficient (Wildman–Crippen LogP) is 2.68. The van der Waals surface area contributed by atoms with Crippen molar-refractivity contribution in [2.24, 2.45) is 0 Å². The van der Waals surface area contributed by atoms with Gasteiger partial charge in [-0.15, -0.1) is 0 Å². The van der Waals surface area contributed by atoms with Crippen LogP contribution >= 0.6 is 11.3 Å². The third-order valence-corrected chi connectivity index (χ3v) is 2.46. The van der Waals surface area contributed by atoms with E-state index in [9.17, 15) is 0 Å². The summed E-state index contributed by atoms with van der Waals surface area (Å²) >= 11 is 1.62. The van der Waals surface area contributed by atoms with E-state index >= 15 is 0 Å². The van der Waals surface area contributed by atoms with E-state index in [4.69, 9.17) is 5.26 Å². The largest absolute Gasteiger partial charge is 0.264 e. The van der Waals surface area contributed by atoms with E-state index in [1.54, 1.807) is 29.8 Å². The molecule has 0 aromatic carbocycles. The topological polar surface area (TPSA) is 36.7 Å².